The molecule has 5 nitrogen and oxygen atoms in total. The van der Waals surface area contributed by atoms with Crippen molar-refractivity contribution in [1.82, 2.24) is 5.32 Å². The highest BCUT2D eigenvalue weighted by Crippen LogP contribution is 2.25. The molecule has 0 radical (unpaired) electrons. The number of carboxylic acids is 1. The summed E-state index contributed by atoms with van der Waals surface area (Å²) in [6, 6.07) is 17.6. The van der Waals surface area contributed by atoms with Crippen molar-refractivity contribution in [3.05, 3.63) is 76.8 Å². The highest BCUT2D eigenvalue weighted by Gasteiger charge is 2.21. The van der Waals surface area contributed by atoms with Crippen LogP contribution in [-0.4, -0.2) is 30.1 Å². The molecule has 144 valence electrons. The zero-order chi connectivity index (χ0) is 20.1. The van der Waals surface area contributed by atoms with Gasteiger partial charge in [-0.05, 0) is 34.0 Å². The summed E-state index contributed by atoms with van der Waals surface area (Å²) in [5.74, 6) is -0.932. The minimum Gasteiger partial charge on any atom is -0.495 e. The summed E-state index contributed by atoms with van der Waals surface area (Å²) in [6.07, 6.45) is 0.237. The molecule has 0 spiro atoms. The second-order valence-electron chi connectivity index (χ2n) is 6.49. The normalized spacial score (nSPS) is 11.8. The molecule has 3 rings (SSSR count). The molecular formula is C22H20ClNO4. The lowest BCUT2D eigenvalue weighted by Crippen LogP contribution is -2.43. The maximum atomic E-state index is 12.4. The minimum atomic E-state index is -1.10. The van der Waals surface area contributed by atoms with Crippen molar-refractivity contribution in [3.8, 4) is 5.75 Å². The Bertz CT molecular complexity index is 1020. The Labute approximate surface area is 167 Å². The number of halogens is 1. The third-order valence-electron chi connectivity index (χ3n) is 4.47. The molecule has 1 atom stereocenters. The molecule has 0 heterocycles. The number of carboxylic acid groups (broad SMARTS) is 1. The number of carbonyl (C=O) groups excluding carboxylic acids is 1. The predicted molar refractivity (Wildman–Crippen MR) is 109 cm³/mol. The number of amides is 1. The quantitative estimate of drug-likeness (QED) is 0.634. The van der Waals surface area contributed by atoms with E-state index < -0.39 is 12.0 Å². The van der Waals surface area contributed by atoms with E-state index >= 15 is 0 Å². The van der Waals surface area contributed by atoms with Gasteiger partial charge in [-0.2, -0.15) is 0 Å². The van der Waals surface area contributed by atoms with Gasteiger partial charge in [0.2, 0.25) is 5.91 Å². The average molecular weight is 398 g/mol. The van der Waals surface area contributed by atoms with Crippen LogP contribution in [-0.2, 0) is 22.4 Å². The molecule has 0 aliphatic heterocycles. The molecule has 0 bridgehead atoms. The van der Waals surface area contributed by atoms with E-state index in [0.29, 0.717) is 16.3 Å². The number of fused-ring (bicyclic) bond motifs is 1. The van der Waals surface area contributed by atoms with Gasteiger partial charge in [0.25, 0.3) is 0 Å². The van der Waals surface area contributed by atoms with E-state index in [1.165, 1.54) is 7.11 Å². The fraction of sp³-hybridized carbons (Fsp3) is 0.182. The molecule has 2 N–H and O–H groups in total. The summed E-state index contributed by atoms with van der Waals surface area (Å²) in [5.41, 5.74) is 1.53. The highest BCUT2D eigenvalue weighted by molar-refractivity contribution is 6.32. The van der Waals surface area contributed by atoms with Crippen LogP contribution in [0.25, 0.3) is 10.8 Å². The molecule has 1 amide bonds. The zero-order valence-corrected chi connectivity index (χ0v) is 16.1. The maximum Gasteiger partial charge on any atom is 0.326 e. The Morgan fingerprint density at radius 2 is 1.75 bits per heavy atom. The fourth-order valence-corrected chi connectivity index (χ4v) is 3.33. The Balaban J connectivity index is 1.68. The molecule has 0 fully saturated rings. The lowest BCUT2D eigenvalue weighted by atomic mass is 10.0. The van der Waals surface area contributed by atoms with Gasteiger partial charge in [0.05, 0.1) is 18.6 Å². The van der Waals surface area contributed by atoms with Crippen molar-refractivity contribution in [3.63, 3.8) is 0 Å². The number of methoxy groups -OCH3 is 1. The maximum absolute atomic E-state index is 12.4. The van der Waals surface area contributed by atoms with Crippen molar-refractivity contribution < 1.29 is 19.4 Å². The van der Waals surface area contributed by atoms with Crippen molar-refractivity contribution in [2.45, 2.75) is 18.9 Å². The van der Waals surface area contributed by atoms with Crippen LogP contribution in [0.2, 0.25) is 5.02 Å². The van der Waals surface area contributed by atoms with E-state index in [0.717, 1.165) is 16.3 Å². The largest absolute Gasteiger partial charge is 0.495 e. The first-order valence-electron chi connectivity index (χ1n) is 8.78. The average Bonchev–Trinajstić information content (AvgIpc) is 2.67. The molecule has 0 saturated heterocycles. The molecule has 0 aliphatic rings. The number of ether oxygens (including phenoxy) is 1. The smallest absolute Gasteiger partial charge is 0.326 e. The van der Waals surface area contributed by atoms with Crippen molar-refractivity contribution in [2.75, 3.05) is 7.11 Å². The topological polar surface area (TPSA) is 75.6 Å². The first kappa shape index (κ1) is 19.7. The van der Waals surface area contributed by atoms with Crippen LogP contribution >= 0.6 is 11.6 Å². The van der Waals surface area contributed by atoms with Gasteiger partial charge in [-0.3, -0.25) is 4.79 Å². The monoisotopic (exact) mass is 397 g/mol. The number of hydrogen-bond donors (Lipinski definition) is 2. The second-order valence-corrected chi connectivity index (χ2v) is 6.90. The number of nitrogens with one attached hydrogen (secondary N) is 1. The lowest BCUT2D eigenvalue weighted by molar-refractivity contribution is -0.141. The van der Waals surface area contributed by atoms with Gasteiger partial charge in [0.15, 0.2) is 0 Å². The van der Waals surface area contributed by atoms with Gasteiger partial charge >= 0.3 is 5.97 Å². The molecule has 3 aromatic rings. The third kappa shape index (κ3) is 4.81. The summed E-state index contributed by atoms with van der Waals surface area (Å²) in [5, 5.41) is 14.6. The van der Waals surface area contributed by atoms with E-state index in [2.05, 4.69) is 5.32 Å². The van der Waals surface area contributed by atoms with Crippen molar-refractivity contribution in [1.29, 1.82) is 0 Å². The number of hydrogen-bond acceptors (Lipinski definition) is 3. The Kier molecular flexibility index (Phi) is 6.16. The van der Waals surface area contributed by atoms with E-state index in [1.54, 1.807) is 18.2 Å². The van der Waals surface area contributed by atoms with E-state index in [-0.39, 0.29) is 18.7 Å². The van der Waals surface area contributed by atoms with Crippen LogP contribution < -0.4 is 10.1 Å². The second kappa shape index (κ2) is 8.76. The third-order valence-corrected chi connectivity index (χ3v) is 4.76. The van der Waals surface area contributed by atoms with Gasteiger partial charge in [0, 0.05) is 6.42 Å². The first-order chi connectivity index (χ1) is 13.5. The molecule has 0 unspecified atom stereocenters. The van der Waals surface area contributed by atoms with Gasteiger partial charge in [0.1, 0.15) is 11.8 Å². The summed E-state index contributed by atoms with van der Waals surface area (Å²) < 4.78 is 5.10. The highest BCUT2D eigenvalue weighted by atomic mass is 35.5. The lowest BCUT2D eigenvalue weighted by Gasteiger charge is -2.15. The van der Waals surface area contributed by atoms with Gasteiger partial charge in [-0.1, -0.05) is 60.1 Å². The predicted octanol–water partition coefficient (Wildman–Crippen LogP) is 3.86. The van der Waals surface area contributed by atoms with Crippen LogP contribution in [0, 0.1) is 0 Å². The Morgan fingerprint density at radius 3 is 2.43 bits per heavy atom. The SMILES string of the molecule is COc1ccc(C[C@@H](NC(=O)Cc2ccc3ccccc3c2)C(=O)O)cc1Cl. The molecular weight excluding hydrogens is 378 g/mol. The molecule has 3 aromatic carbocycles. The van der Waals surface area contributed by atoms with Crippen LogP contribution in [0.1, 0.15) is 11.1 Å². The van der Waals surface area contributed by atoms with Crippen LogP contribution in [0.5, 0.6) is 5.75 Å². The van der Waals surface area contributed by atoms with Crippen LogP contribution in [0.15, 0.2) is 60.7 Å². The summed E-state index contributed by atoms with van der Waals surface area (Å²) in [4.78, 5) is 24.0. The van der Waals surface area contributed by atoms with Gasteiger partial charge in [-0.25, -0.2) is 4.79 Å². The minimum absolute atomic E-state index is 0.109. The standard InChI is InChI=1S/C22H20ClNO4/c1-28-20-9-7-15(11-18(20)23)12-19(22(26)27)24-21(25)13-14-6-8-16-4-2-3-5-17(16)10-14/h2-11,19H,12-13H2,1H3,(H,24,25)(H,26,27)/t19-/m1/s1. The molecule has 0 aliphatic carbocycles. The summed E-state index contributed by atoms with van der Waals surface area (Å²) in [7, 11) is 1.51. The molecule has 0 aromatic heterocycles. The van der Waals surface area contributed by atoms with Crippen LogP contribution in [0.3, 0.4) is 0 Å². The molecule has 28 heavy (non-hydrogen) atoms. The summed E-state index contributed by atoms with van der Waals surface area (Å²) in [6.45, 7) is 0. The molecule has 6 heteroatoms. The number of rotatable bonds is 7. The number of benzene rings is 3. The Hall–Kier alpha value is -3.05. The van der Waals surface area contributed by atoms with Gasteiger partial charge in [-0.15, -0.1) is 0 Å². The fourth-order valence-electron chi connectivity index (χ4n) is 3.05. The van der Waals surface area contributed by atoms with Crippen molar-refractivity contribution >= 4 is 34.2 Å². The van der Waals surface area contributed by atoms with E-state index in [9.17, 15) is 14.7 Å². The van der Waals surface area contributed by atoms with E-state index in [1.807, 2.05) is 42.5 Å². The van der Waals surface area contributed by atoms with E-state index in [4.69, 9.17) is 16.3 Å². The molecule has 0 saturated carbocycles. The summed E-state index contributed by atoms with van der Waals surface area (Å²) >= 11 is 6.09. The van der Waals surface area contributed by atoms with Gasteiger partial charge < -0.3 is 15.2 Å². The number of aliphatic carboxylic acids is 1. The van der Waals surface area contributed by atoms with Crippen LogP contribution in [0.4, 0.5) is 0 Å². The first-order valence-corrected chi connectivity index (χ1v) is 9.16. The Morgan fingerprint density at radius 1 is 1.04 bits per heavy atom. The number of carbonyl (C=O) groups is 2. The van der Waals surface area contributed by atoms with Crippen molar-refractivity contribution in [2.24, 2.45) is 0 Å². The zero-order valence-electron chi connectivity index (χ0n) is 15.3.